The maximum Gasteiger partial charge on any atom is 0.306 e. The first-order chi connectivity index (χ1) is 9.85. The summed E-state index contributed by atoms with van der Waals surface area (Å²) in [5.41, 5.74) is 0. The van der Waals surface area contributed by atoms with Crippen LogP contribution >= 0.6 is 0 Å². The minimum Gasteiger partial charge on any atom is -0.469 e. The molecule has 0 radical (unpaired) electrons. The molecule has 0 heterocycles. The van der Waals surface area contributed by atoms with Crippen molar-refractivity contribution >= 4 is 23.3 Å². The molecule has 5 nitrogen and oxygen atoms in total. The van der Waals surface area contributed by atoms with Gasteiger partial charge in [0.05, 0.1) is 13.5 Å². The number of Topliss-reactive ketones (excluding diaryl/α,β-unsaturated/α-hetero) is 3. The number of ketones is 3. The molecule has 0 aromatic rings. The molecule has 0 aliphatic heterocycles. The lowest BCUT2D eigenvalue weighted by Crippen LogP contribution is -2.28. The van der Waals surface area contributed by atoms with Crippen LogP contribution in [0.25, 0.3) is 0 Å². The lowest BCUT2D eigenvalue weighted by atomic mass is 9.76. The van der Waals surface area contributed by atoms with E-state index in [4.69, 9.17) is 0 Å². The molecule has 1 fully saturated rings. The molecule has 0 saturated heterocycles. The number of rotatable bonds is 7. The van der Waals surface area contributed by atoms with Gasteiger partial charge in [0, 0.05) is 24.2 Å². The zero-order valence-corrected chi connectivity index (χ0v) is 13.0. The first kappa shape index (κ1) is 17.5. The van der Waals surface area contributed by atoms with Crippen molar-refractivity contribution in [1.82, 2.24) is 0 Å². The predicted molar refractivity (Wildman–Crippen MR) is 76.6 cm³/mol. The molecule has 0 bridgehead atoms. The van der Waals surface area contributed by atoms with Crippen molar-refractivity contribution < 1.29 is 23.9 Å². The quantitative estimate of drug-likeness (QED) is 0.672. The van der Waals surface area contributed by atoms with Gasteiger partial charge in [-0.15, -0.1) is 0 Å². The van der Waals surface area contributed by atoms with Crippen molar-refractivity contribution in [2.45, 2.75) is 52.4 Å². The molecule has 0 N–H and O–H groups in total. The van der Waals surface area contributed by atoms with Crippen molar-refractivity contribution in [1.29, 1.82) is 0 Å². The van der Waals surface area contributed by atoms with Crippen LogP contribution in [0.1, 0.15) is 52.4 Å². The summed E-state index contributed by atoms with van der Waals surface area (Å²) < 4.78 is 4.56. The Morgan fingerprint density at radius 1 is 0.952 bits per heavy atom. The van der Waals surface area contributed by atoms with Crippen LogP contribution in [0.5, 0.6) is 0 Å². The summed E-state index contributed by atoms with van der Waals surface area (Å²) in [4.78, 5) is 46.4. The summed E-state index contributed by atoms with van der Waals surface area (Å²) >= 11 is 0. The van der Waals surface area contributed by atoms with Gasteiger partial charge in [0.2, 0.25) is 0 Å². The molecular formula is C16H24O5. The summed E-state index contributed by atoms with van der Waals surface area (Å²) in [5.74, 6) is -1.01. The van der Waals surface area contributed by atoms with Gasteiger partial charge in [0.1, 0.15) is 17.3 Å². The smallest absolute Gasteiger partial charge is 0.306 e. The zero-order valence-electron chi connectivity index (χ0n) is 13.0. The Morgan fingerprint density at radius 2 is 1.48 bits per heavy atom. The maximum atomic E-state index is 12.3. The lowest BCUT2D eigenvalue weighted by molar-refractivity contribution is -0.144. The SMILES string of the molecule is COC(=O)CC(CC(=O)C1CCC(C(C)=O)CC1)C(C)=O. The fourth-order valence-corrected chi connectivity index (χ4v) is 2.88. The Hall–Kier alpha value is -1.52. The topological polar surface area (TPSA) is 77.5 Å². The largest absolute Gasteiger partial charge is 0.469 e. The van der Waals surface area contributed by atoms with E-state index in [9.17, 15) is 19.2 Å². The van der Waals surface area contributed by atoms with Crippen LogP contribution in [-0.4, -0.2) is 30.4 Å². The second-order valence-electron chi connectivity index (χ2n) is 5.92. The molecule has 118 valence electrons. The van der Waals surface area contributed by atoms with E-state index < -0.39 is 11.9 Å². The van der Waals surface area contributed by atoms with Crippen LogP contribution in [0.15, 0.2) is 0 Å². The third-order valence-electron chi connectivity index (χ3n) is 4.42. The number of hydrogen-bond donors (Lipinski definition) is 0. The Morgan fingerprint density at radius 3 is 1.90 bits per heavy atom. The van der Waals surface area contributed by atoms with E-state index in [1.165, 1.54) is 14.0 Å². The summed E-state index contributed by atoms with van der Waals surface area (Å²) in [5, 5.41) is 0. The fourth-order valence-electron chi connectivity index (χ4n) is 2.88. The molecule has 0 spiro atoms. The minimum atomic E-state index is -0.588. The highest BCUT2D eigenvalue weighted by molar-refractivity contribution is 5.90. The Kier molecular flexibility index (Phi) is 6.72. The number of ether oxygens (including phenoxy) is 1. The van der Waals surface area contributed by atoms with E-state index in [0.29, 0.717) is 12.8 Å². The van der Waals surface area contributed by atoms with E-state index in [0.717, 1.165) is 12.8 Å². The summed E-state index contributed by atoms with van der Waals surface area (Å²) in [6.07, 6.45) is 2.94. The van der Waals surface area contributed by atoms with Crippen molar-refractivity contribution in [3.8, 4) is 0 Å². The normalized spacial score (nSPS) is 23.2. The monoisotopic (exact) mass is 296 g/mol. The van der Waals surface area contributed by atoms with Crippen molar-refractivity contribution in [2.24, 2.45) is 17.8 Å². The average molecular weight is 296 g/mol. The number of carbonyl (C=O) groups excluding carboxylic acids is 4. The van der Waals surface area contributed by atoms with Crippen LogP contribution in [0, 0.1) is 17.8 Å². The number of esters is 1. The van der Waals surface area contributed by atoms with E-state index >= 15 is 0 Å². The van der Waals surface area contributed by atoms with E-state index in [-0.39, 0.29) is 42.0 Å². The Balaban J connectivity index is 2.53. The van der Waals surface area contributed by atoms with Crippen LogP contribution in [-0.2, 0) is 23.9 Å². The highest BCUT2D eigenvalue weighted by Crippen LogP contribution is 2.31. The minimum absolute atomic E-state index is 0.0288. The van der Waals surface area contributed by atoms with Crippen molar-refractivity contribution in [3.05, 3.63) is 0 Å². The molecular weight excluding hydrogens is 272 g/mol. The highest BCUT2D eigenvalue weighted by atomic mass is 16.5. The average Bonchev–Trinajstić information content (AvgIpc) is 2.46. The molecule has 0 aromatic carbocycles. The molecule has 0 amide bonds. The second kappa shape index (κ2) is 8.05. The molecule has 1 aliphatic rings. The number of carbonyl (C=O) groups is 4. The number of hydrogen-bond acceptors (Lipinski definition) is 5. The van der Waals surface area contributed by atoms with Gasteiger partial charge in [-0.05, 0) is 39.5 Å². The van der Waals surface area contributed by atoms with E-state index in [2.05, 4.69) is 4.74 Å². The van der Waals surface area contributed by atoms with Gasteiger partial charge in [-0.1, -0.05) is 0 Å². The third-order valence-corrected chi connectivity index (χ3v) is 4.42. The van der Waals surface area contributed by atoms with E-state index in [1.54, 1.807) is 6.92 Å². The van der Waals surface area contributed by atoms with Crippen LogP contribution in [0.4, 0.5) is 0 Å². The van der Waals surface area contributed by atoms with Gasteiger partial charge in [-0.3, -0.25) is 19.2 Å². The Bertz CT molecular complexity index is 418. The zero-order chi connectivity index (χ0) is 16.0. The highest BCUT2D eigenvalue weighted by Gasteiger charge is 2.31. The lowest BCUT2D eigenvalue weighted by Gasteiger charge is -2.26. The summed E-state index contributed by atoms with van der Waals surface area (Å²) in [7, 11) is 1.27. The predicted octanol–water partition coefficient (Wildman–Crippen LogP) is 2.11. The molecule has 0 aromatic heterocycles. The molecule has 1 saturated carbocycles. The molecule has 1 aliphatic carbocycles. The van der Waals surface area contributed by atoms with Gasteiger partial charge >= 0.3 is 5.97 Å². The van der Waals surface area contributed by atoms with Gasteiger partial charge in [0.25, 0.3) is 0 Å². The van der Waals surface area contributed by atoms with Gasteiger partial charge in [-0.25, -0.2) is 0 Å². The van der Waals surface area contributed by atoms with Crippen LogP contribution < -0.4 is 0 Å². The summed E-state index contributed by atoms with van der Waals surface area (Å²) in [6, 6.07) is 0. The molecule has 21 heavy (non-hydrogen) atoms. The fraction of sp³-hybridized carbons (Fsp3) is 0.750. The first-order valence-electron chi connectivity index (χ1n) is 7.45. The molecule has 1 rings (SSSR count). The molecule has 1 unspecified atom stereocenters. The maximum absolute atomic E-state index is 12.3. The molecule has 5 heteroatoms. The van der Waals surface area contributed by atoms with Gasteiger partial charge in [0.15, 0.2) is 0 Å². The Labute approximate surface area is 125 Å². The first-order valence-corrected chi connectivity index (χ1v) is 7.45. The third kappa shape index (κ3) is 5.40. The number of methoxy groups -OCH3 is 1. The van der Waals surface area contributed by atoms with Crippen LogP contribution in [0.2, 0.25) is 0 Å². The second-order valence-corrected chi connectivity index (χ2v) is 5.92. The van der Waals surface area contributed by atoms with Crippen molar-refractivity contribution in [3.63, 3.8) is 0 Å². The summed E-state index contributed by atoms with van der Waals surface area (Å²) in [6.45, 7) is 2.99. The van der Waals surface area contributed by atoms with Crippen LogP contribution in [0.3, 0.4) is 0 Å². The van der Waals surface area contributed by atoms with Crippen molar-refractivity contribution in [2.75, 3.05) is 7.11 Å². The van der Waals surface area contributed by atoms with Gasteiger partial charge in [-0.2, -0.15) is 0 Å². The standard InChI is InChI=1S/C16H24O5/c1-10(17)12-4-6-13(7-5-12)15(19)8-14(11(2)18)9-16(20)21-3/h12-14H,4-9H2,1-3H3. The van der Waals surface area contributed by atoms with Gasteiger partial charge < -0.3 is 4.74 Å². The molecule has 1 atom stereocenters. The van der Waals surface area contributed by atoms with E-state index in [1.807, 2.05) is 0 Å².